The summed E-state index contributed by atoms with van der Waals surface area (Å²) in [5, 5.41) is 0. The number of hydrogen-bond donors (Lipinski definition) is 0. The molecule has 4 rings (SSSR count). The number of methoxy groups -OCH3 is 1. The molecule has 1 aliphatic rings. The van der Waals surface area contributed by atoms with E-state index in [-0.39, 0.29) is 13.0 Å². The van der Waals surface area contributed by atoms with E-state index >= 15 is 0 Å². The van der Waals surface area contributed by atoms with E-state index in [9.17, 15) is 22.8 Å². The summed E-state index contributed by atoms with van der Waals surface area (Å²) in [7, 11) is 1.28. The number of benzene rings is 3. The van der Waals surface area contributed by atoms with Crippen LogP contribution in [0.1, 0.15) is 22.3 Å². The lowest BCUT2D eigenvalue weighted by atomic mass is 10.0. The number of nitrogens with zero attached hydrogens (tertiary/aromatic N) is 2. The Morgan fingerprint density at radius 2 is 1.60 bits per heavy atom. The molecule has 6 nitrogen and oxygen atoms in total. The predicted octanol–water partition coefficient (Wildman–Crippen LogP) is 5.37. The fraction of sp³-hybridized carbons (Fsp3) is 0.290. The third kappa shape index (κ3) is 7.72. The Kier molecular flexibility index (Phi) is 9.60. The summed E-state index contributed by atoms with van der Waals surface area (Å²) in [6.45, 7) is 3.04. The second kappa shape index (κ2) is 13.3. The molecule has 0 N–H and O–H groups in total. The first-order valence-corrected chi connectivity index (χ1v) is 12.9. The van der Waals surface area contributed by atoms with Crippen LogP contribution in [0.5, 0.6) is 0 Å². The minimum absolute atomic E-state index is 0.131. The molecular weight excluding hydrogens is 521 g/mol. The van der Waals surface area contributed by atoms with E-state index in [1.165, 1.54) is 36.3 Å². The zero-order valence-corrected chi connectivity index (χ0v) is 22.1. The monoisotopic (exact) mass is 552 g/mol. The maximum absolute atomic E-state index is 13.5. The first kappa shape index (κ1) is 28.9. The molecule has 1 aliphatic heterocycles. The van der Waals surface area contributed by atoms with Gasteiger partial charge >= 0.3 is 12.1 Å². The molecule has 0 bridgehead atoms. The smallest absolute Gasteiger partial charge is 0.416 e. The molecule has 0 aromatic heterocycles. The second-order valence-electron chi connectivity index (χ2n) is 9.41. The van der Waals surface area contributed by atoms with E-state index in [2.05, 4.69) is 4.90 Å². The van der Waals surface area contributed by atoms with E-state index in [0.717, 1.165) is 42.0 Å². The number of halogens is 3. The average Bonchev–Trinajstić information content (AvgIpc) is 2.98. The van der Waals surface area contributed by atoms with Gasteiger partial charge in [0.2, 0.25) is 5.91 Å². The van der Waals surface area contributed by atoms with E-state index in [1.807, 2.05) is 54.6 Å². The van der Waals surface area contributed by atoms with Crippen LogP contribution in [0.15, 0.2) is 84.9 Å². The quantitative estimate of drug-likeness (QED) is 0.264. The number of anilines is 1. The van der Waals surface area contributed by atoms with Crippen molar-refractivity contribution in [2.45, 2.75) is 25.2 Å². The van der Waals surface area contributed by atoms with Gasteiger partial charge in [0.05, 0.1) is 25.9 Å². The molecule has 3 aromatic carbocycles. The lowest BCUT2D eigenvalue weighted by Crippen LogP contribution is -2.46. The van der Waals surface area contributed by atoms with Crippen molar-refractivity contribution in [1.82, 2.24) is 4.90 Å². The Morgan fingerprint density at radius 1 is 0.950 bits per heavy atom. The van der Waals surface area contributed by atoms with Crippen molar-refractivity contribution in [1.29, 1.82) is 0 Å². The van der Waals surface area contributed by atoms with Gasteiger partial charge in [-0.05, 0) is 47.0 Å². The minimum atomic E-state index is -4.45. The topological polar surface area (TPSA) is 59.1 Å². The highest BCUT2D eigenvalue weighted by Gasteiger charge is 2.31. The molecule has 0 saturated carbocycles. The summed E-state index contributed by atoms with van der Waals surface area (Å²) in [5.74, 6) is -1.03. The fourth-order valence-electron chi connectivity index (χ4n) is 4.51. The first-order chi connectivity index (χ1) is 19.2. The van der Waals surface area contributed by atoms with Crippen molar-refractivity contribution in [3.63, 3.8) is 0 Å². The van der Waals surface area contributed by atoms with Crippen LogP contribution in [0, 0.1) is 0 Å². The van der Waals surface area contributed by atoms with Crippen molar-refractivity contribution in [3.05, 3.63) is 107 Å². The molecule has 40 heavy (non-hydrogen) atoms. The molecule has 0 aliphatic carbocycles. The summed E-state index contributed by atoms with van der Waals surface area (Å²) in [4.78, 5) is 30.1. The molecule has 1 amide bonds. The molecule has 9 heteroatoms. The third-order valence-electron chi connectivity index (χ3n) is 6.73. The maximum atomic E-state index is 13.5. The van der Waals surface area contributed by atoms with Gasteiger partial charge in [-0.2, -0.15) is 13.2 Å². The number of rotatable bonds is 9. The highest BCUT2D eigenvalue weighted by Crippen LogP contribution is 2.29. The van der Waals surface area contributed by atoms with Crippen LogP contribution in [0.3, 0.4) is 0 Å². The maximum Gasteiger partial charge on any atom is 0.416 e. The Hall–Kier alpha value is -4.11. The predicted molar refractivity (Wildman–Crippen MR) is 146 cm³/mol. The van der Waals surface area contributed by atoms with E-state index in [4.69, 9.17) is 9.47 Å². The van der Waals surface area contributed by atoms with Crippen molar-refractivity contribution in [2.75, 3.05) is 38.3 Å². The number of ether oxygens (including phenoxy) is 2. The molecule has 1 saturated heterocycles. The van der Waals surface area contributed by atoms with Gasteiger partial charge in [-0.1, -0.05) is 54.6 Å². The first-order valence-electron chi connectivity index (χ1n) is 12.9. The second-order valence-corrected chi connectivity index (χ2v) is 9.41. The Morgan fingerprint density at radius 3 is 2.20 bits per heavy atom. The number of carbonyl (C=O) groups is 2. The van der Waals surface area contributed by atoms with Gasteiger partial charge in [0.15, 0.2) is 0 Å². The van der Waals surface area contributed by atoms with E-state index in [1.54, 1.807) is 0 Å². The lowest BCUT2D eigenvalue weighted by Gasteiger charge is -2.30. The van der Waals surface area contributed by atoms with Crippen molar-refractivity contribution < 1.29 is 32.2 Å². The normalized spacial score (nSPS) is 14.7. The standard InChI is InChI=1S/C31H31F3N2O4/c1-39-30(38)28(21-24-5-3-2-4-6-24)36(22-25-9-14-27(15-10-25)35-17-19-40-20-18-35)29(37)16-11-23-7-12-26(13-8-23)31(32,33)34/h2-16,28H,17-22H2,1H3/b16-11+/t28-/m0/s1. The summed E-state index contributed by atoms with van der Waals surface area (Å²) in [6, 6.07) is 20.7. The molecule has 3 aromatic rings. The number of esters is 1. The van der Waals surface area contributed by atoms with Gasteiger partial charge in [0, 0.05) is 37.8 Å². The fourth-order valence-corrected chi connectivity index (χ4v) is 4.51. The molecule has 1 atom stereocenters. The Bertz CT molecular complexity index is 1290. The number of morpholine rings is 1. The van der Waals surface area contributed by atoms with Crippen molar-refractivity contribution in [2.24, 2.45) is 0 Å². The van der Waals surface area contributed by atoms with Crippen LogP contribution in [0.2, 0.25) is 0 Å². The molecule has 0 unspecified atom stereocenters. The van der Waals surface area contributed by atoms with Crippen LogP contribution in [-0.2, 0) is 38.2 Å². The van der Waals surface area contributed by atoms with Crippen LogP contribution >= 0.6 is 0 Å². The zero-order chi connectivity index (χ0) is 28.5. The van der Waals surface area contributed by atoms with Crippen molar-refractivity contribution in [3.8, 4) is 0 Å². The van der Waals surface area contributed by atoms with Crippen LogP contribution in [0.25, 0.3) is 6.08 Å². The Balaban J connectivity index is 1.59. The van der Waals surface area contributed by atoms with Gasteiger partial charge in [-0.25, -0.2) is 4.79 Å². The highest BCUT2D eigenvalue weighted by atomic mass is 19.4. The summed E-state index contributed by atoms with van der Waals surface area (Å²) in [5.41, 5.74) is 2.36. The third-order valence-corrected chi connectivity index (χ3v) is 6.73. The van der Waals surface area contributed by atoms with Gasteiger partial charge in [0.25, 0.3) is 0 Å². The number of alkyl halides is 3. The van der Waals surface area contributed by atoms with Gasteiger partial charge in [-0.15, -0.1) is 0 Å². The summed E-state index contributed by atoms with van der Waals surface area (Å²) >= 11 is 0. The van der Waals surface area contributed by atoms with Crippen LogP contribution < -0.4 is 4.90 Å². The molecule has 0 radical (unpaired) electrons. The van der Waals surface area contributed by atoms with Gasteiger partial charge < -0.3 is 19.3 Å². The average molecular weight is 553 g/mol. The van der Waals surface area contributed by atoms with Crippen molar-refractivity contribution >= 4 is 23.6 Å². The number of amides is 1. The van der Waals surface area contributed by atoms with Gasteiger partial charge in [0.1, 0.15) is 6.04 Å². The largest absolute Gasteiger partial charge is 0.467 e. The highest BCUT2D eigenvalue weighted by molar-refractivity contribution is 5.94. The summed E-state index contributed by atoms with van der Waals surface area (Å²) < 4.78 is 49.3. The van der Waals surface area contributed by atoms with Gasteiger partial charge in [-0.3, -0.25) is 4.79 Å². The lowest BCUT2D eigenvalue weighted by molar-refractivity contribution is -0.151. The molecule has 210 valence electrons. The number of hydrogen-bond acceptors (Lipinski definition) is 5. The van der Waals surface area contributed by atoms with E-state index in [0.29, 0.717) is 18.8 Å². The summed E-state index contributed by atoms with van der Waals surface area (Å²) in [6.07, 6.45) is -1.50. The Labute approximate surface area is 231 Å². The van der Waals surface area contributed by atoms with Crippen LogP contribution in [-0.4, -0.2) is 56.2 Å². The van der Waals surface area contributed by atoms with E-state index < -0.39 is 29.7 Å². The number of carbonyl (C=O) groups excluding carboxylic acids is 2. The van der Waals surface area contributed by atoms with Crippen LogP contribution in [0.4, 0.5) is 18.9 Å². The SMILES string of the molecule is COC(=O)[C@H](Cc1ccccc1)N(Cc1ccc(N2CCOCC2)cc1)C(=O)/C=C/c1ccc(C(F)(F)F)cc1. The molecule has 1 fully saturated rings. The molecule has 1 heterocycles. The molecular formula is C31H31F3N2O4. The zero-order valence-electron chi connectivity index (χ0n) is 22.1. The minimum Gasteiger partial charge on any atom is -0.467 e. The molecule has 0 spiro atoms.